The Bertz CT molecular complexity index is 1190. The van der Waals surface area contributed by atoms with Gasteiger partial charge in [0.15, 0.2) is 0 Å². The second-order valence-electron chi connectivity index (χ2n) is 11.7. The lowest BCUT2D eigenvalue weighted by atomic mass is 9.47. The number of aromatic nitrogens is 2. The molecule has 1 aromatic carbocycles. The largest absolute Gasteiger partial charge is 0.461 e. The summed E-state index contributed by atoms with van der Waals surface area (Å²) in [5.74, 6) is 1.82. The molecule has 7 atom stereocenters. The minimum Gasteiger partial charge on any atom is -0.461 e. The van der Waals surface area contributed by atoms with E-state index in [-0.39, 0.29) is 22.9 Å². The van der Waals surface area contributed by atoms with Gasteiger partial charge in [-0.2, -0.15) is 0 Å². The quantitative estimate of drug-likeness (QED) is 0.471. The molecule has 4 aliphatic rings. The maximum absolute atomic E-state index is 12.1. The first kappa shape index (κ1) is 22.1. The molecule has 0 saturated heterocycles. The van der Waals surface area contributed by atoms with Crippen LogP contribution in [-0.2, 0) is 9.53 Å². The van der Waals surface area contributed by atoms with E-state index in [4.69, 9.17) is 10.5 Å². The van der Waals surface area contributed by atoms with Crippen molar-refractivity contribution in [1.82, 2.24) is 9.55 Å². The van der Waals surface area contributed by atoms with Gasteiger partial charge < -0.3 is 15.0 Å². The fourth-order valence-electron chi connectivity index (χ4n) is 8.07. The van der Waals surface area contributed by atoms with Crippen molar-refractivity contribution in [2.24, 2.45) is 34.3 Å². The number of ether oxygens (including phenoxy) is 1. The summed E-state index contributed by atoms with van der Waals surface area (Å²) < 4.78 is 8.10. The van der Waals surface area contributed by atoms with Crippen LogP contribution in [0, 0.1) is 28.6 Å². The van der Waals surface area contributed by atoms with Crippen LogP contribution in [-0.4, -0.2) is 27.7 Å². The highest BCUT2D eigenvalue weighted by Gasteiger charge is 2.57. The number of rotatable bonds is 3. The number of imidazole rings is 1. The summed E-state index contributed by atoms with van der Waals surface area (Å²) in [5, 5.41) is 0. The third-order valence-corrected chi connectivity index (χ3v) is 9.97. The third kappa shape index (κ3) is 3.16. The molecule has 0 radical (unpaired) electrons. The van der Waals surface area contributed by atoms with E-state index in [1.807, 2.05) is 6.33 Å². The topological polar surface area (TPSA) is 70.1 Å². The molecule has 2 fully saturated rings. The van der Waals surface area contributed by atoms with E-state index >= 15 is 0 Å². The Morgan fingerprint density at radius 1 is 1.12 bits per heavy atom. The molecule has 0 amide bonds. The highest BCUT2D eigenvalue weighted by Crippen LogP contribution is 2.65. The van der Waals surface area contributed by atoms with E-state index in [0.29, 0.717) is 17.8 Å². The van der Waals surface area contributed by atoms with Gasteiger partial charge >= 0.3 is 5.97 Å². The molecule has 2 aromatic rings. The van der Waals surface area contributed by atoms with Crippen LogP contribution in [0.3, 0.4) is 0 Å². The SMILES string of the molecule is CC(N)C(=O)OC1CCC2(C)C(=CCC3C2CCC2(C)C(n4cnc5ccccc54)=CCC32)C1. The normalized spacial score (nSPS) is 37.8. The van der Waals surface area contributed by atoms with Crippen LogP contribution in [0.5, 0.6) is 0 Å². The van der Waals surface area contributed by atoms with Crippen LogP contribution >= 0.6 is 0 Å². The molecule has 34 heavy (non-hydrogen) atoms. The van der Waals surface area contributed by atoms with Crippen molar-refractivity contribution >= 4 is 22.7 Å². The first-order chi connectivity index (χ1) is 16.3. The van der Waals surface area contributed by atoms with E-state index in [2.05, 4.69) is 59.8 Å². The van der Waals surface area contributed by atoms with Crippen LogP contribution < -0.4 is 5.73 Å². The zero-order valence-electron chi connectivity index (χ0n) is 20.7. The molecule has 1 aromatic heterocycles. The summed E-state index contributed by atoms with van der Waals surface area (Å²) in [7, 11) is 0. The second-order valence-corrected chi connectivity index (χ2v) is 11.7. The van der Waals surface area contributed by atoms with Gasteiger partial charge in [-0.25, -0.2) is 4.98 Å². The van der Waals surface area contributed by atoms with Crippen molar-refractivity contribution in [3.05, 3.63) is 48.3 Å². The summed E-state index contributed by atoms with van der Waals surface area (Å²) >= 11 is 0. The summed E-state index contributed by atoms with van der Waals surface area (Å²) in [6, 6.07) is 7.93. The van der Waals surface area contributed by atoms with E-state index in [0.717, 1.165) is 37.6 Å². The highest BCUT2D eigenvalue weighted by atomic mass is 16.5. The van der Waals surface area contributed by atoms with Crippen molar-refractivity contribution < 1.29 is 9.53 Å². The monoisotopic (exact) mass is 459 g/mol. The van der Waals surface area contributed by atoms with E-state index in [1.54, 1.807) is 6.92 Å². The van der Waals surface area contributed by atoms with E-state index < -0.39 is 6.04 Å². The van der Waals surface area contributed by atoms with Gasteiger partial charge in [0, 0.05) is 17.5 Å². The third-order valence-electron chi connectivity index (χ3n) is 9.97. The fourth-order valence-corrected chi connectivity index (χ4v) is 8.07. The highest BCUT2D eigenvalue weighted by molar-refractivity contribution is 5.80. The Labute approximate surface area is 202 Å². The summed E-state index contributed by atoms with van der Waals surface area (Å²) in [4.78, 5) is 16.8. The fraction of sp³-hybridized carbons (Fsp3) is 0.586. The lowest BCUT2D eigenvalue weighted by Gasteiger charge is -2.57. The zero-order chi connectivity index (χ0) is 23.7. The van der Waals surface area contributed by atoms with Crippen LogP contribution in [0.1, 0.15) is 65.7 Å². The number of nitrogens with two attached hydrogens (primary N) is 1. The van der Waals surface area contributed by atoms with Crippen LogP contribution in [0.4, 0.5) is 0 Å². The summed E-state index contributed by atoms with van der Waals surface area (Å²) in [6.07, 6.45) is 14.8. The van der Waals surface area contributed by atoms with Gasteiger partial charge in [-0.1, -0.05) is 43.7 Å². The molecule has 0 spiro atoms. The molecule has 180 valence electrons. The molecule has 0 aliphatic heterocycles. The summed E-state index contributed by atoms with van der Waals surface area (Å²) in [5.41, 5.74) is 11.4. The molecular weight excluding hydrogens is 422 g/mol. The molecule has 4 aliphatic carbocycles. The van der Waals surface area contributed by atoms with Gasteiger partial charge in [-0.3, -0.25) is 4.79 Å². The zero-order valence-corrected chi connectivity index (χ0v) is 20.7. The van der Waals surface area contributed by atoms with E-state index in [1.165, 1.54) is 29.6 Å². The molecule has 6 rings (SSSR count). The lowest BCUT2D eigenvalue weighted by Crippen LogP contribution is -2.50. The smallest absolute Gasteiger partial charge is 0.322 e. The Balaban J connectivity index is 1.26. The van der Waals surface area contributed by atoms with Crippen molar-refractivity contribution in [1.29, 1.82) is 0 Å². The Morgan fingerprint density at radius 3 is 2.74 bits per heavy atom. The van der Waals surface area contributed by atoms with Gasteiger partial charge in [0.25, 0.3) is 0 Å². The minimum absolute atomic E-state index is 0.0162. The molecule has 5 nitrogen and oxygen atoms in total. The van der Waals surface area contributed by atoms with Gasteiger partial charge in [0.2, 0.25) is 0 Å². The molecule has 7 unspecified atom stereocenters. The number of hydrogen-bond acceptors (Lipinski definition) is 4. The number of para-hydroxylation sites is 2. The van der Waals surface area contributed by atoms with Gasteiger partial charge in [0.1, 0.15) is 18.5 Å². The number of allylic oxidation sites excluding steroid dienone is 3. The Hall–Kier alpha value is -2.40. The standard InChI is InChI=1S/C29H37N3O2/c1-18(30)27(33)34-20-12-14-28(2)19(16-20)8-9-21-22-10-11-26(29(22,3)15-13-23(21)28)32-17-31-24-6-4-5-7-25(24)32/h4-8,11,17-18,20-23H,9-10,12-16,30H2,1-3H3. The molecule has 0 bridgehead atoms. The number of benzene rings is 1. The van der Waals surface area contributed by atoms with Crippen molar-refractivity contribution in [3.8, 4) is 0 Å². The minimum atomic E-state index is -0.550. The molecule has 2 N–H and O–H groups in total. The van der Waals surface area contributed by atoms with Crippen LogP contribution in [0.25, 0.3) is 16.7 Å². The number of carbonyl (C=O) groups is 1. The number of fused-ring (bicyclic) bond motifs is 6. The van der Waals surface area contributed by atoms with Gasteiger partial charge in [0.05, 0.1) is 11.0 Å². The Kier molecular flexibility index (Phi) is 5.07. The maximum atomic E-state index is 12.1. The number of hydrogen-bond donors (Lipinski definition) is 1. The average molecular weight is 460 g/mol. The molecule has 5 heteroatoms. The first-order valence-electron chi connectivity index (χ1n) is 13.1. The Morgan fingerprint density at radius 2 is 1.91 bits per heavy atom. The number of carbonyl (C=O) groups excluding carboxylic acids is 1. The first-order valence-corrected chi connectivity index (χ1v) is 13.1. The predicted octanol–water partition coefficient (Wildman–Crippen LogP) is 5.71. The molecule has 2 saturated carbocycles. The average Bonchev–Trinajstić information content (AvgIpc) is 3.39. The maximum Gasteiger partial charge on any atom is 0.322 e. The van der Waals surface area contributed by atoms with Crippen LogP contribution in [0.15, 0.2) is 48.3 Å². The van der Waals surface area contributed by atoms with E-state index in [9.17, 15) is 4.79 Å². The number of nitrogens with zero attached hydrogens (tertiary/aromatic N) is 2. The van der Waals surface area contributed by atoms with Crippen LogP contribution in [0.2, 0.25) is 0 Å². The second kappa shape index (κ2) is 7.81. The lowest BCUT2D eigenvalue weighted by molar-refractivity contribution is -0.152. The van der Waals surface area contributed by atoms with Gasteiger partial charge in [-0.15, -0.1) is 0 Å². The van der Waals surface area contributed by atoms with Gasteiger partial charge in [-0.05, 0) is 80.8 Å². The predicted molar refractivity (Wildman–Crippen MR) is 135 cm³/mol. The molecular formula is C29H37N3O2. The van der Waals surface area contributed by atoms with Crippen molar-refractivity contribution in [3.63, 3.8) is 0 Å². The van der Waals surface area contributed by atoms with Crippen molar-refractivity contribution in [2.45, 2.75) is 77.9 Å². The molecule has 1 heterocycles. The van der Waals surface area contributed by atoms with Crippen molar-refractivity contribution in [2.75, 3.05) is 0 Å². The number of esters is 1. The summed E-state index contributed by atoms with van der Waals surface area (Å²) in [6.45, 7) is 6.71.